The standard InChI is InChI=1S/C21H22IN9O/c1-11-7-5-6-8-13(11)31-14(28-16(12(2)24-3)17(25-4)21(31)32)9-30-20-15(18(22)29-30)19(23)26-10-27-20/h5-8,10,25H,9H2,1-4H3,(H2,23,26,27)/b24-12-. The maximum atomic E-state index is 13.7. The normalized spacial score (nSPS) is 11.8. The minimum atomic E-state index is -0.218. The van der Waals surface area contributed by atoms with Crippen LogP contribution in [0, 0.1) is 10.6 Å². The van der Waals surface area contributed by atoms with Crippen LogP contribution in [0.25, 0.3) is 16.7 Å². The van der Waals surface area contributed by atoms with E-state index in [0.29, 0.717) is 43.5 Å². The molecule has 0 saturated carbocycles. The van der Waals surface area contributed by atoms with Crippen molar-refractivity contribution in [1.82, 2.24) is 29.3 Å². The van der Waals surface area contributed by atoms with E-state index in [0.717, 1.165) is 11.3 Å². The predicted molar refractivity (Wildman–Crippen MR) is 134 cm³/mol. The number of nitrogen functional groups attached to an aromatic ring is 1. The van der Waals surface area contributed by atoms with Crippen LogP contribution in [0.15, 0.2) is 40.4 Å². The van der Waals surface area contributed by atoms with E-state index in [4.69, 9.17) is 10.7 Å². The summed E-state index contributed by atoms with van der Waals surface area (Å²) in [6.45, 7) is 3.98. The van der Waals surface area contributed by atoms with Crippen LogP contribution in [0.4, 0.5) is 11.5 Å². The number of hydrogen-bond donors (Lipinski definition) is 2. The van der Waals surface area contributed by atoms with Gasteiger partial charge in [-0.1, -0.05) is 18.2 Å². The van der Waals surface area contributed by atoms with Gasteiger partial charge in [0, 0.05) is 14.1 Å². The molecule has 0 spiro atoms. The van der Waals surface area contributed by atoms with Gasteiger partial charge in [-0.2, -0.15) is 5.10 Å². The molecule has 3 aromatic heterocycles. The minimum absolute atomic E-state index is 0.202. The number of fused-ring (bicyclic) bond motifs is 1. The molecule has 3 N–H and O–H groups in total. The molecule has 0 atom stereocenters. The van der Waals surface area contributed by atoms with Gasteiger partial charge in [-0.25, -0.2) is 19.6 Å². The molecule has 0 aliphatic heterocycles. The van der Waals surface area contributed by atoms with Gasteiger partial charge in [0.05, 0.1) is 16.8 Å². The zero-order valence-electron chi connectivity index (χ0n) is 18.1. The third-order valence-electron chi connectivity index (χ3n) is 5.24. The molecule has 3 heterocycles. The Kier molecular flexibility index (Phi) is 5.91. The summed E-state index contributed by atoms with van der Waals surface area (Å²) in [5, 5.41) is 8.27. The Morgan fingerprint density at radius 3 is 2.72 bits per heavy atom. The van der Waals surface area contributed by atoms with Crippen LogP contribution >= 0.6 is 22.6 Å². The Hall–Kier alpha value is -3.35. The molecule has 0 fully saturated rings. The third kappa shape index (κ3) is 3.61. The molecule has 1 aromatic carbocycles. The minimum Gasteiger partial charge on any atom is -0.383 e. The molecule has 0 amide bonds. The van der Waals surface area contributed by atoms with Crippen LogP contribution in [-0.2, 0) is 6.54 Å². The molecule has 0 aliphatic carbocycles. The second-order valence-corrected chi connectivity index (χ2v) is 8.17. The van der Waals surface area contributed by atoms with Gasteiger partial charge < -0.3 is 11.1 Å². The Bertz CT molecular complexity index is 1420. The van der Waals surface area contributed by atoms with Crippen LogP contribution < -0.4 is 16.6 Å². The molecule has 32 heavy (non-hydrogen) atoms. The summed E-state index contributed by atoms with van der Waals surface area (Å²) < 4.78 is 3.98. The van der Waals surface area contributed by atoms with Crippen LogP contribution in [-0.4, -0.2) is 49.1 Å². The first-order valence-corrected chi connectivity index (χ1v) is 10.9. The highest BCUT2D eigenvalue weighted by Gasteiger charge is 2.22. The maximum absolute atomic E-state index is 13.7. The quantitative estimate of drug-likeness (QED) is 0.292. The SMILES string of the molecule is C/N=C(/C)c1nc(Cn2nc(I)c3c(N)ncnc32)n(-c2ccccc2C)c(=O)c1NC. The van der Waals surface area contributed by atoms with E-state index in [1.54, 1.807) is 23.3 Å². The van der Waals surface area contributed by atoms with E-state index in [1.165, 1.54) is 6.33 Å². The van der Waals surface area contributed by atoms with Gasteiger partial charge in [-0.15, -0.1) is 0 Å². The van der Waals surface area contributed by atoms with Crippen molar-refractivity contribution in [1.29, 1.82) is 0 Å². The first-order chi connectivity index (χ1) is 15.4. The number of rotatable bonds is 5. The Morgan fingerprint density at radius 2 is 2.03 bits per heavy atom. The zero-order chi connectivity index (χ0) is 23.0. The predicted octanol–water partition coefficient (Wildman–Crippen LogP) is 2.40. The summed E-state index contributed by atoms with van der Waals surface area (Å²) in [4.78, 5) is 31.2. The van der Waals surface area contributed by atoms with Crippen molar-refractivity contribution in [2.75, 3.05) is 25.1 Å². The number of nitrogens with two attached hydrogens (primary N) is 1. The van der Waals surface area contributed by atoms with Crippen molar-refractivity contribution in [3.63, 3.8) is 0 Å². The molecule has 0 aliphatic rings. The van der Waals surface area contributed by atoms with E-state index in [-0.39, 0.29) is 12.1 Å². The highest BCUT2D eigenvalue weighted by Crippen LogP contribution is 2.24. The van der Waals surface area contributed by atoms with Crippen LogP contribution in [0.2, 0.25) is 0 Å². The fraction of sp³-hybridized carbons (Fsp3) is 0.238. The molecule has 4 aromatic rings. The zero-order valence-corrected chi connectivity index (χ0v) is 20.2. The van der Waals surface area contributed by atoms with Gasteiger partial charge in [0.2, 0.25) is 0 Å². The van der Waals surface area contributed by atoms with Crippen molar-refractivity contribution in [2.24, 2.45) is 4.99 Å². The first-order valence-electron chi connectivity index (χ1n) is 9.83. The van der Waals surface area contributed by atoms with Crippen molar-refractivity contribution >= 4 is 50.8 Å². The second-order valence-electron chi connectivity index (χ2n) is 7.14. The molecule has 4 rings (SSSR count). The lowest BCUT2D eigenvalue weighted by molar-refractivity contribution is 0.639. The molecular formula is C21H22IN9O. The molecule has 11 heteroatoms. The van der Waals surface area contributed by atoms with Crippen LogP contribution in [0.5, 0.6) is 0 Å². The lowest BCUT2D eigenvalue weighted by Gasteiger charge is -2.18. The molecule has 0 saturated heterocycles. The van der Waals surface area contributed by atoms with Gasteiger partial charge in [-0.3, -0.25) is 14.4 Å². The van der Waals surface area contributed by atoms with Crippen LogP contribution in [0.3, 0.4) is 0 Å². The Balaban J connectivity index is 2.03. The largest absolute Gasteiger partial charge is 0.383 e. The van der Waals surface area contributed by atoms with E-state index < -0.39 is 0 Å². The average Bonchev–Trinajstić information content (AvgIpc) is 3.10. The van der Waals surface area contributed by atoms with Crippen molar-refractivity contribution in [3.05, 3.63) is 61.7 Å². The number of para-hydroxylation sites is 1. The van der Waals surface area contributed by atoms with Gasteiger partial charge in [-0.05, 0) is 48.1 Å². The highest BCUT2D eigenvalue weighted by molar-refractivity contribution is 14.1. The fourth-order valence-electron chi connectivity index (χ4n) is 3.56. The molecule has 0 bridgehead atoms. The number of benzene rings is 1. The topological polar surface area (TPSA) is 129 Å². The number of aromatic nitrogens is 6. The molecular weight excluding hydrogens is 521 g/mol. The number of nitrogens with one attached hydrogen (secondary N) is 1. The number of hydrogen-bond acceptors (Lipinski definition) is 8. The molecule has 0 radical (unpaired) electrons. The number of aliphatic imine (C=N–C) groups is 1. The lowest BCUT2D eigenvalue weighted by Crippen LogP contribution is -2.30. The Morgan fingerprint density at radius 1 is 1.28 bits per heavy atom. The first kappa shape index (κ1) is 21.9. The van der Waals surface area contributed by atoms with E-state index in [2.05, 4.69) is 48.0 Å². The summed E-state index contributed by atoms with van der Waals surface area (Å²) in [5.41, 5.74) is 9.62. The van der Waals surface area contributed by atoms with Crippen molar-refractivity contribution in [3.8, 4) is 5.69 Å². The lowest BCUT2D eigenvalue weighted by atomic mass is 10.1. The van der Waals surface area contributed by atoms with E-state index >= 15 is 0 Å². The molecule has 10 nitrogen and oxygen atoms in total. The number of nitrogens with zero attached hydrogens (tertiary/aromatic N) is 7. The van der Waals surface area contributed by atoms with Gasteiger partial charge in [0.25, 0.3) is 5.56 Å². The molecule has 0 unspecified atom stereocenters. The number of anilines is 2. The van der Waals surface area contributed by atoms with Crippen molar-refractivity contribution < 1.29 is 0 Å². The second kappa shape index (κ2) is 8.65. The maximum Gasteiger partial charge on any atom is 0.282 e. The van der Waals surface area contributed by atoms with Crippen molar-refractivity contribution in [2.45, 2.75) is 20.4 Å². The smallest absolute Gasteiger partial charge is 0.282 e. The summed E-state index contributed by atoms with van der Waals surface area (Å²) >= 11 is 2.10. The summed E-state index contributed by atoms with van der Waals surface area (Å²) in [6, 6.07) is 7.68. The van der Waals surface area contributed by atoms with Gasteiger partial charge >= 0.3 is 0 Å². The van der Waals surface area contributed by atoms with Gasteiger partial charge in [0.15, 0.2) is 5.65 Å². The summed E-state index contributed by atoms with van der Waals surface area (Å²) in [5.74, 6) is 0.856. The summed E-state index contributed by atoms with van der Waals surface area (Å²) in [7, 11) is 3.38. The third-order valence-corrected chi connectivity index (χ3v) is 6.00. The summed E-state index contributed by atoms with van der Waals surface area (Å²) in [6.07, 6.45) is 1.40. The Labute approximate surface area is 197 Å². The average molecular weight is 543 g/mol. The highest BCUT2D eigenvalue weighted by atomic mass is 127. The fourth-order valence-corrected chi connectivity index (χ4v) is 4.34. The van der Waals surface area contributed by atoms with Crippen LogP contribution in [0.1, 0.15) is 24.0 Å². The number of aryl methyl sites for hydroxylation is 1. The number of halogens is 1. The molecule has 164 valence electrons. The van der Waals surface area contributed by atoms with E-state index in [9.17, 15) is 4.79 Å². The van der Waals surface area contributed by atoms with Gasteiger partial charge in [0.1, 0.15) is 39.6 Å². The van der Waals surface area contributed by atoms with E-state index in [1.807, 2.05) is 38.1 Å². The monoisotopic (exact) mass is 543 g/mol.